The first-order valence-electron chi connectivity index (χ1n) is 11.9. The van der Waals surface area contributed by atoms with Gasteiger partial charge in [0.05, 0.1) is 10.5 Å². The number of benzene rings is 3. The van der Waals surface area contributed by atoms with E-state index < -0.39 is 16.0 Å². The SMILES string of the molecule is Cc1cc(C(C)(C)C)cc(C)c1COC(=O)c1cccc(S(=O)(=O)N2CCc3ccccc3C2)c1. The van der Waals surface area contributed by atoms with Gasteiger partial charge in [0, 0.05) is 13.1 Å². The molecule has 1 aliphatic rings. The fraction of sp³-hybridized carbons (Fsp3) is 0.345. The summed E-state index contributed by atoms with van der Waals surface area (Å²) in [6.45, 7) is 11.4. The van der Waals surface area contributed by atoms with Crippen LogP contribution < -0.4 is 0 Å². The van der Waals surface area contributed by atoms with Gasteiger partial charge in [-0.2, -0.15) is 4.31 Å². The Morgan fingerprint density at radius 2 is 1.60 bits per heavy atom. The summed E-state index contributed by atoms with van der Waals surface area (Å²) >= 11 is 0. The van der Waals surface area contributed by atoms with E-state index in [2.05, 4.69) is 32.9 Å². The topological polar surface area (TPSA) is 63.7 Å². The first-order valence-corrected chi connectivity index (χ1v) is 13.4. The van der Waals surface area contributed by atoms with Crippen LogP contribution in [0.3, 0.4) is 0 Å². The molecule has 0 bridgehead atoms. The summed E-state index contributed by atoms with van der Waals surface area (Å²) in [6, 6.07) is 18.3. The van der Waals surface area contributed by atoms with Gasteiger partial charge in [-0.25, -0.2) is 13.2 Å². The predicted octanol–water partition coefficient (Wildman–Crippen LogP) is 5.70. The van der Waals surface area contributed by atoms with Crippen LogP contribution in [0.25, 0.3) is 0 Å². The van der Waals surface area contributed by atoms with Crippen molar-refractivity contribution in [2.45, 2.75) is 64.5 Å². The van der Waals surface area contributed by atoms with Gasteiger partial charge in [0.25, 0.3) is 0 Å². The molecule has 6 heteroatoms. The minimum absolute atomic E-state index is 0.0348. The second-order valence-corrected chi connectivity index (χ2v) is 12.2. The summed E-state index contributed by atoms with van der Waals surface area (Å²) in [5.41, 5.74) is 6.81. The van der Waals surface area contributed by atoms with E-state index in [1.54, 1.807) is 12.1 Å². The van der Waals surface area contributed by atoms with Crippen molar-refractivity contribution in [3.63, 3.8) is 0 Å². The van der Waals surface area contributed by atoms with Crippen LogP contribution in [-0.2, 0) is 39.7 Å². The van der Waals surface area contributed by atoms with Gasteiger partial charge in [-0.3, -0.25) is 0 Å². The lowest BCUT2D eigenvalue weighted by Gasteiger charge is -2.28. The highest BCUT2D eigenvalue weighted by Gasteiger charge is 2.29. The van der Waals surface area contributed by atoms with Gasteiger partial charge in [-0.05, 0) is 77.3 Å². The Hall–Kier alpha value is -2.96. The molecule has 0 N–H and O–H groups in total. The molecule has 3 aromatic rings. The molecule has 0 aromatic heterocycles. The number of sulfonamides is 1. The molecule has 3 aromatic carbocycles. The lowest BCUT2D eigenvalue weighted by molar-refractivity contribution is 0.0471. The molecule has 0 fully saturated rings. The van der Waals surface area contributed by atoms with Crippen molar-refractivity contribution in [1.82, 2.24) is 4.31 Å². The van der Waals surface area contributed by atoms with Crippen molar-refractivity contribution in [3.05, 3.63) is 99.6 Å². The summed E-state index contributed by atoms with van der Waals surface area (Å²) in [5.74, 6) is -0.537. The largest absolute Gasteiger partial charge is 0.457 e. The van der Waals surface area contributed by atoms with Crippen LogP contribution in [0.5, 0.6) is 0 Å². The standard InChI is InChI=1S/C29H33NO4S/c1-20-15-25(29(3,4)5)16-21(2)27(20)19-34-28(31)23-11-8-12-26(17-23)35(32,33)30-14-13-22-9-6-7-10-24(22)18-30/h6-12,15-17H,13-14,18-19H2,1-5H3. The monoisotopic (exact) mass is 491 g/mol. The number of fused-ring (bicyclic) bond motifs is 1. The summed E-state index contributed by atoms with van der Waals surface area (Å²) < 4.78 is 33.7. The van der Waals surface area contributed by atoms with Crippen molar-refractivity contribution in [1.29, 1.82) is 0 Å². The number of aryl methyl sites for hydroxylation is 2. The average Bonchev–Trinajstić information content (AvgIpc) is 2.82. The molecule has 1 aliphatic heterocycles. The van der Waals surface area contributed by atoms with E-state index in [0.717, 1.165) is 22.3 Å². The van der Waals surface area contributed by atoms with E-state index in [1.165, 1.54) is 27.6 Å². The zero-order valence-corrected chi connectivity index (χ0v) is 21.9. The number of hydrogen-bond acceptors (Lipinski definition) is 4. The number of rotatable bonds is 5. The Labute approximate surface area is 208 Å². The summed E-state index contributed by atoms with van der Waals surface area (Å²) in [5, 5.41) is 0. The van der Waals surface area contributed by atoms with E-state index in [0.29, 0.717) is 19.5 Å². The van der Waals surface area contributed by atoms with Gasteiger partial charge in [-0.1, -0.05) is 63.2 Å². The fourth-order valence-corrected chi connectivity index (χ4v) is 5.95. The lowest BCUT2D eigenvalue weighted by atomic mass is 9.84. The van der Waals surface area contributed by atoms with Crippen LogP contribution in [0, 0.1) is 13.8 Å². The molecule has 4 rings (SSSR count). The highest BCUT2D eigenvalue weighted by molar-refractivity contribution is 7.89. The first kappa shape index (κ1) is 25.1. The van der Waals surface area contributed by atoms with E-state index in [1.807, 2.05) is 38.1 Å². The minimum Gasteiger partial charge on any atom is -0.457 e. The zero-order chi connectivity index (χ0) is 25.4. The quantitative estimate of drug-likeness (QED) is 0.429. The highest BCUT2D eigenvalue weighted by Crippen LogP contribution is 2.28. The molecule has 0 saturated heterocycles. The molecule has 35 heavy (non-hydrogen) atoms. The summed E-state index contributed by atoms with van der Waals surface area (Å²) in [7, 11) is -3.73. The maximum absolute atomic E-state index is 13.3. The van der Waals surface area contributed by atoms with E-state index >= 15 is 0 Å². The molecule has 0 saturated carbocycles. The number of nitrogens with zero attached hydrogens (tertiary/aromatic N) is 1. The van der Waals surface area contributed by atoms with Gasteiger partial charge in [0.15, 0.2) is 0 Å². The molecule has 5 nitrogen and oxygen atoms in total. The van der Waals surface area contributed by atoms with Gasteiger partial charge in [0.2, 0.25) is 10.0 Å². The van der Waals surface area contributed by atoms with Crippen molar-refractivity contribution in [2.75, 3.05) is 6.54 Å². The van der Waals surface area contributed by atoms with Crippen LogP contribution in [0.4, 0.5) is 0 Å². The van der Waals surface area contributed by atoms with Crippen LogP contribution in [0.1, 0.15) is 64.5 Å². The molecule has 184 valence electrons. The van der Waals surface area contributed by atoms with E-state index in [4.69, 9.17) is 4.74 Å². The second kappa shape index (κ2) is 9.59. The van der Waals surface area contributed by atoms with Crippen LogP contribution in [0.15, 0.2) is 65.6 Å². The Balaban J connectivity index is 1.50. The highest BCUT2D eigenvalue weighted by atomic mass is 32.2. The maximum atomic E-state index is 13.3. The predicted molar refractivity (Wildman–Crippen MR) is 138 cm³/mol. The Morgan fingerprint density at radius 3 is 2.26 bits per heavy atom. The molecule has 0 unspecified atom stereocenters. The van der Waals surface area contributed by atoms with E-state index in [-0.39, 0.29) is 22.5 Å². The van der Waals surface area contributed by atoms with Gasteiger partial charge in [0.1, 0.15) is 6.61 Å². The second-order valence-electron chi connectivity index (χ2n) is 10.3. The summed E-state index contributed by atoms with van der Waals surface area (Å²) in [6.07, 6.45) is 0.670. The van der Waals surface area contributed by atoms with Gasteiger partial charge < -0.3 is 4.74 Å². The third-order valence-corrected chi connectivity index (χ3v) is 8.55. The molecule has 1 heterocycles. The molecule has 0 spiro atoms. The Morgan fingerprint density at radius 1 is 0.943 bits per heavy atom. The zero-order valence-electron chi connectivity index (χ0n) is 21.1. The average molecular weight is 492 g/mol. The van der Waals surface area contributed by atoms with Gasteiger partial charge in [-0.15, -0.1) is 0 Å². The van der Waals surface area contributed by atoms with Gasteiger partial charge >= 0.3 is 5.97 Å². The Kier molecular flexibility index (Phi) is 6.89. The Bertz CT molecular complexity index is 1350. The van der Waals surface area contributed by atoms with E-state index in [9.17, 15) is 13.2 Å². The first-order chi connectivity index (χ1) is 16.5. The van der Waals surface area contributed by atoms with Crippen molar-refractivity contribution < 1.29 is 17.9 Å². The van der Waals surface area contributed by atoms with Crippen LogP contribution in [-0.4, -0.2) is 25.2 Å². The third kappa shape index (κ3) is 5.34. The number of esters is 1. The number of hydrogen-bond donors (Lipinski definition) is 0. The maximum Gasteiger partial charge on any atom is 0.338 e. The number of ether oxygens (including phenoxy) is 1. The minimum atomic E-state index is -3.73. The molecule has 0 aliphatic carbocycles. The van der Waals surface area contributed by atoms with Crippen molar-refractivity contribution >= 4 is 16.0 Å². The van der Waals surface area contributed by atoms with Crippen LogP contribution in [0.2, 0.25) is 0 Å². The third-order valence-electron chi connectivity index (χ3n) is 6.71. The summed E-state index contributed by atoms with van der Waals surface area (Å²) in [4.78, 5) is 13.0. The van der Waals surface area contributed by atoms with Crippen LogP contribution >= 0.6 is 0 Å². The smallest absolute Gasteiger partial charge is 0.338 e. The molecule has 0 atom stereocenters. The lowest BCUT2D eigenvalue weighted by Crippen LogP contribution is -2.36. The fourth-order valence-electron chi connectivity index (χ4n) is 4.48. The molecule has 0 radical (unpaired) electrons. The number of carbonyl (C=O) groups excluding carboxylic acids is 1. The molecular weight excluding hydrogens is 458 g/mol. The van der Waals surface area contributed by atoms with Crippen molar-refractivity contribution in [2.24, 2.45) is 0 Å². The molecule has 0 amide bonds. The molecular formula is C29H33NO4S. The normalized spacial score (nSPS) is 14.4. The number of carbonyl (C=O) groups is 1. The van der Waals surface area contributed by atoms with Crippen molar-refractivity contribution in [3.8, 4) is 0 Å².